The van der Waals surface area contributed by atoms with Crippen LogP contribution < -0.4 is 5.32 Å². The van der Waals surface area contributed by atoms with Crippen molar-refractivity contribution in [3.8, 4) is 22.5 Å². The predicted molar refractivity (Wildman–Crippen MR) is 174 cm³/mol. The third-order valence-corrected chi connectivity index (χ3v) is 6.77. The van der Waals surface area contributed by atoms with Crippen molar-refractivity contribution >= 4 is 46.0 Å². The second kappa shape index (κ2) is 15.6. The second-order valence-corrected chi connectivity index (χ2v) is 11.0. The Hall–Kier alpha value is -5.17. The van der Waals surface area contributed by atoms with Crippen molar-refractivity contribution in [2.24, 2.45) is 4.99 Å². The fourth-order valence-corrected chi connectivity index (χ4v) is 3.97. The lowest BCUT2D eigenvalue weighted by Gasteiger charge is -2.13. The van der Waals surface area contributed by atoms with Crippen LogP contribution in [-0.2, 0) is 14.3 Å². The molecule has 1 amide bonds. The van der Waals surface area contributed by atoms with Gasteiger partial charge in [-0.05, 0) is 73.5 Å². The van der Waals surface area contributed by atoms with Gasteiger partial charge in [0.1, 0.15) is 0 Å². The molecule has 252 valence electrons. The molecule has 0 atom stereocenters. The molecule has 0 radical (unpaired) electrons. The van der Waals surface area contributed by atoms with Crippen molar-refractivity contribution in [2.75, 3.05) is 19.5 Å². The zero-order valence-electron chi connectivity index (χ0n) is 26.7. The van der Waals surface area contributed by atoms with Gasteiger partial charge in [-0.25, -0.2) is 14.6 Å². The summed E-state index contributed by atoms with van der Waals surface area (Å²) in [5.74, 6) is -9.54. The van der Waals surface area contributed by atoms with Gasteiger partial charge >= 0.3 is 17.9 Å². The van der Waals surface area contributed by atoms with Crippen LogP contribution >= 0.6 is 11.6 Å². The standard InChI is InChI=1S/C17H15ClF2N2O2.C17H16F2N2O3/c1-10-4-5-14(21-9-10)11-6-12(15(23)24-3)8-13(7-11)22-16(18)17(2,19)20;1-10-4-5-14(20-9-10)11-6-12(15(22)24-3)8-13(7-11)21-16(23)17(2,18)19/h4-9H,1-3H3;4-9H,1-3H3,(H,21,23)/b22-16+;. The smallest absolute Gasteiger partial charge is 0.337 e. The van der Waals surface area contributed by atoms with Gasteiger partial charge in [0.25, 0.3) is 11.8 Å². The Kier molecular flexibility index (Phi) is 12.1. The molecule has 9 nitrogen and oxygen atoms in total. The number of alkyl halides is 4. The Balaban J connectivity index is 0.000000260. The van der Waals surface area contributed by atoms with Gasteiger partial charge in [0.2, 0.25) is 0 Å². The first-order valence-electron chi connectivity index (χ1n) is 14.1. The highest BCUT2D eigenvalue weighted by Gasteiger charge is 2.32. The van der Waals surface area contributed by atoms with E-state index in [0.717, 1.165) is 11.1 Å². The molecule has 2 heterocycles. The van der Waals surface area contributed by atoms with Crippen molar-refractivity contribution in [1.29, 1.82) is 0 Å². The summed E-state index contributed by atoms with van der Waals surface area (Å²) in [7, 11) is 2.44. The fourth-order valence-electron chi connectivity index (χ4n) is 3.87. The number of pyridine rings is 2. The van der Waals surface area contributed by atoms with Crippen molar-refractivity contribution < 1.29 is 41.4 Å². The topological polar surface area (TPSA) is 120 Å². The molecule has 1 N–H and O–H groups in total. The SMILES string of the molecule is COC(=O)c1cc(/N=C(/Cl)C(C)(F)F)cc(-c2ccc(C)cn2)c1.COC(=O)c1cc(NC(=O)C(C)(F)F)cc(-c2ccc(C)cn2)c1. The van der Waals surface area contributed by atoms with E-state index in [1.54, 1.807) is 30.6 Å². The van der Waals surface area contributed by atoms with E-state index in [0.29, 0.717) is 36.4 Å². The molecule has 0 aliphatic rings. The van der Waals surface area contributed by atoms with Crippen LogP contribution in [0.1, 0.15) is 45.7 Å². The van der Waals surface area contributed by atoms with Crippen LogP contribution in [-0.4, -0.2) is 59.0 Å². The van der Waals surface area contributed by atoms with Crippen LogP contribution in [0.2, 0.25) is 0 Å². The third kappa shape index (κ3) is 10.4. The molecule has 14 heteroatoms. The Morgan fingerprint density at radius 2 is 1.21 bits per heavy atom. The van der Waals surface area contributed by atoms with E-state index in [-0.39, 0.29) is 22.5 Å². The van der Waals surface area contributed by atoms with E-state index in [1.165, 1.54) is 44.6 Å². The van der Waals surface area contributed by atoms with E-state index in [2.05, 4.69) is 29.8 Å². The molecule has 0 aliphatic heterocycles. The van der Waals surface area contributed by atoms with Crippen molar-refractivity contribution in [1.82, 2.24) is 9.97 Å². The number of carbonyl (C=O) groups is 3. The van der Waals surface area contributed by atoms with Gasteiger partial charge < -0.3 is 14.8 Å². The number of aliphatic imine (C=N–C) groups is 1. The highest BCUT2D eigenvalue weighted by atomic mass is 35.5. The number of benzene rings is 2. The van der Waals surface area contributed by atoms with E-state index in [1.807, 2.05) is 26.0 Å². The number of hydrogen-bond donors (Lipinski definition) is 1. The zero-order valence-corrected chi connectivity index (χ0v) is 27.5. The molecule has 4 rings (SSSR count). The number of esters is 2. The van der Waals surface area contributed by atoms with Crippen LogP contribution in [0.5, 0.6) is 0 Å². The largest absolute Gasteiger partial charge is 0.465 e. The van der Waals surface area contributed by atoms with Crippen LogP contribution in [0.15, 0.2) is 78.0 Å². The highest BCUT2D eigenvalue weighted by molar-refractivity contribution is 6.67. The van der Waals surface area contributed by atoms with E-state index in [9.17, 15) is 31.9 Å². The number of hydrogen-bond acceptors (Lipinski definition) is 8. The van der Waals surface area contributed by atoms with Gasteiger partial charge in [0.05, 0.1) is 42.4 Å². The molecule has 2 aromatic carbocycles. The molecule has 0 spiro atoms. The molecule has 0 fully saturated rings. The Morgan fingerprint density at radius 1 is 0.729 bits per heavy atom. The Labute approximate surface area is 279 Å². The summed E-state index contributed by atoms with van der Waals surface area (Å²) >= 11 is 5.54. The van der Waals surface area contributed by atoms with Crippen molar-refractivity contribution in [3.63, 3.8) is 0 Å². The first-order chi connectivity index (χ1) is 22.4. The molecule has 0 saturated carbocycles. The highest BCUT2D eigenvalue weighted by Crippen LogP contribution is 2.29. The number of nitrogens with one attached hydrogen (secondary N) is 1. The number of ether oxygens (including phenoxy) is 2. The molecule has 0 aliphatic carbocycles. The van der Waals surface area contributed by atoms with Gasteiger partial charge in [-0.1, -0.05) is 23.7 Å². The summed E-state index contributed by atoms with van der Waals surface area (Å²) in [4.78, 5) is 47.3. The number of halogens is 5. The zero-order chi connectivity index (χ0) is 35.8. The number of aryl methyl sites for hydroxylation is 2. The van der Waals surface area contributed by atoms with Crippen LogP contribution in [0.3, 0.4) is 0 Å². The molecular formula is C34H31ClF4N4O5. The molecule has 48 heavy (non-hydrogen) atoms. The van der Waals surface area contributed by atoms with Gasteiger partial charge in [0, 0.05) is 43.1 Å². The molecule has 2 aromatic heterocycles. The van der Waals surface area contributed by atoms with Gasteiger partial charge in [-0.15, -0.1) is 0 Å². The summed E-state index contributed by atoms with van der Waals surface area (Å²) in [5.41, 5.74) is 4.51. The maximum Gasteiger partial charge on any atom is 0.337 e. The summed E-state index contributed by atoms with van der Waals surface area (Å²) in [6, 6.07) is 15.8. The van der Waals surface area contributed by atoms with Crippen LogP contribution in [0.25, 0.3) is 22.5 Å². The minimum absolute atomic E-state index is 0.0572. The summed E-state index contributed by atoms with van der Waals surface area (Å²) in [5, 5.41) is 1.23. The number of amides is 1. The van der Waals surface area contributed by atoms with Gasteiger partial charge in [-0.2, -0.15) is 17.6 Å². The summed E-state index contributed by atoms with van der Waals surface area (Å²) in [6.07, 6.45) is 3.30. The number of nitrogens with zero attached hydrogens (tertiary/aromatic N) is 3. The van der Waals surface area contributed by atoms with E-state index >= 15 is 0 Å². The molecule has 0 bridgehead atoms. The van der Waals surface area contributed by atoms with Gasteiger partial charge in [-0.3, -0.25) is 14.8 Å². The van der Waals surface area contributed by atoms with Crippen LogP contribution in [0, 0.1) is 13.8 Å². The Bertz CT molecular complexity index is 1820. The first kappa shape index (κ1) is 37.3. The van der Waals surface area contributed by atoms with Crippen molar-refractivity contribution in [3.05, 3.63) is 95.3 Å². The van der Waals surface area contributed by atoms with E-state index < -0.39 is 34.9 Å². The minimum atomic E-state index is -3.54. The summed E-state index contributed by atoms with van der Waals surface area (Å²) < 4.78 is 62.0. The number of anilines is 1. The number of rotatable bonds is 8. The quantitative estimate of drug-likeness (QED) is 0.113. The maximum absolute atomic E-state index is 13.2. The second-order valence-electron chi connectivity index (χ2n) is 10.6. The lowest BCUT2D eigenvalue weighted by atomic mass is 10.1. The van der Waals surface area contributed by atoms with Gasteiger partial charge in [0.15, 0.2) is 5.17 Å². The maximum atomic E-state index is 13.2. The number of aromatic nitrogens is 2. The van der Waals surface area contributed by atoms with Crippen LogP contribution in [0.4, 0.5) is 28.9 Å². The predicted octanol–water partition coefficient (Wildman–Crippen LogP) is 8.20. The third-order valence-electron chi connectivity index (χ3n) is 6.35. The lowest BCUT2D eigenvalue weighted by Crippen LogP contribution is -2.31. The molecule has 4 aromatic rings. The average Bonchev–Trinajstić information content (AvgIpc) is 3.03. The monoisotopic (exact) mass is 686 g/mol. The Morgan fingerprint density at radius 3 is 1.62 bits per heavy atom. The first-order valence-corrected chi connectivity index (χ1v) is 14.4. The average molecular weight is 687 g/mol. The number of carbonyl (C=O) groups excluding carboxylic acids is 3. The minimum Gasteiger partial charge on any atom is -0.465 e. The molecule has 0 unspecified atom stereocenters. The number of methoxy groups -OCH3 is 2. The lowest BCUT2D eigenvalue weighted by molar-refractivity contribution is -0.137. The normalized spacial score (nSPS) is 11.6. The molecular weight excluding hydrogens is 656 g/mol. The summed E-state index contributed by atoms with van der Waals surface area (Å²) in [6.45, 7) is 4.90. The molecule has 0 saturated heterocycles. The van der Waals surface area contributed by atoms with E-state index in [4.69, 9.17) is 11.6 Å². The fraction of sp³-hybridized carbons (Fsp3) is 0.235. The van der Waals surface area contributed by atoms with Crippen molar-refractivity contribution in [2.45, 2.75) is 39.5 Å².